The van der Waals surface area contributed by atoms with Gasteiger partial charge >= 0.3 is 6.18 Å². The molecule has 1 aliphatic rings. The molecule has 0 amide bonds. The molecule has 4 rings (SSSR count). The van der Waals surface area contributed by atoms with Crippen LogP contribution in [0.15, 0.2) is 34.9 Å². The Morgan fingerprint density at radius 1 is 1.15 bits per heavy atom. The van der Waals surface area contributed by atoms with E-state index in [0.29, 0.717) is 17.1 Å². The molecular formula is C17H14F4N4O. The Bertz CT molecular complexity index is 910. The van der Waals surface area contributed by atoms with Crippen molar-refractivity contribution in [3.05, 3.63) is 53.4 Å². The fourth-order valence-electron chi connectivity index (χ4n) is 2.73. The second-order valence-corrected chi connectivity index (χ2v) is 6.22. The van der Waals surface area contributed by atoms with Crippen LogP contribution in [0.3, 0.4) is 0 Å². The summed E-state index contributed by atoms with van der Waals surface area (Å²) in [4.78, 5) is 4.21. The first-order chi connectivity index (χ1) is 12.4. The molecule has 5 nitrogen and oxygen atoms in total. The Balaban J connectivity index is 1.49. The van der Waals surface area contributed by atoms with Crippen LogP contribution in [0.1, 0.15) is 36.0 Å². The molecule has 9 heteroatoms. The smallest absolute Gasteiger partial charge is 0.339 e. The van der Waals surface area contributed by atoms with Crippen LogP contribution in [-0.4, -0.2) is 19.9 Å². The molecule has 1 aliphatic carbocycles. The number of aryl methyl sites for hydroxylation is 2. The number of benzene rings is 1. The summed E-state index contributed by atoms with van der Waals surface area (Å²) in [5.74, 6) is 0.356. The van der Waals surface area contributed by atoms with E-state index in [4.69, 9.17) is 4.52 Å². The summed E-state index contributed by atoms with van der Waals surface area (Å²) in [5.41, 5.74) is 0.311. The second kappa shape index (κ2) is 6.22. The van der Waals surface area contributed by atoms with Crippen LogP contribution in [0.4, 0.5) is 17.6 Å². The second-order valence-electron chi connectivity index (χ2n) is 6.22. The molecule has 1 fully saturated rings. The average molecular weight is 366 g/mol. The van der Waals surface area contributed by atoms with E-state index in [1.54, 1.807) is 0 Å². The van der Waals surface area contributed by atoms with Crippen LogP contribution in [0.25, 0.3) is 11.4 Å². The third-order valence-electron chi connectivity index (χ3n) is 4.21. The van der Waals surface area contributed by atoms with E-state index >= 15 is 0 Å². The van der Waals surface area contributed by atoms with Gasteiger partial charge in [-0.3, -0.25) is 4.68 Å². The number of hydrogen-bond donors (Lipinski definition) is 0. The maximum Gasteiger partial charge on any atom is 0.435 e. The molecular weight excluding hydrogens is 352 g/mol. The molecule has 0 bridgehead atoms. The fourth-order valence-corrected chi connectivity index (χ4v) is 2.73. The van der Waals surface area contributed by atoms with Crippen LogP contribution >= 0.6 is 0 Å². The van der Waals surface area contributed by atoms with E-state index in [9.17, 15) is 17.6 Å². The molecule has 3 aromatic rings. The van der Waals surface area contributed by atoms with Gasteiger partial charge in [-0.1, -0.05) is 5.16 Å². The Kier molecular flexibility index (Phi) is 4.01. The van der Waals surface area contributed by atoms with Crippen molar-refractivity contribution in [3.8, 4) is 11.4 Å². The van der Waals surface area contributed by atoms with Crippen molar-refractivity contribution in [2.24, 2.45) is 0 Å². The fraction of sp³-hybridized carbons (Fsp3) is 0.353. The molecule has 136 valence electrons. The van der Waals surface area contributed by atoms with E-state index in [-0.39, 0.29) is 30.6 Å². The van der Waals surface area contributed by atoms with Crippen molar-refractivity contribution in [2.75, 3.05) is 0 Å². The highest BCUT2D eigenvalue weighted by molar-refractivity contribution is 5.53. The quantitative estimate of drug-likeness (QED) is 0.635. The number of hydrogen-bond acceptors (Lipinski definition) is 4. The number of nitrogens with zero attached hydrogens (tertiary/aromatic N) is 4. The molecule has 0 radical (unpaired) electrons. The summed E-state index contributed by atoms with van der Waals surface area (Å²) in [7, 11) is 0. The Morgan fingerprint density at radius 3 is 2.54 bits per heavy atom. The molecule has 0 unspecified atom stereocenters. The lowest BCUT2D eigenvalue weighted by atomic mass is 10.2. The number of rotatable bonds is 5. The minimum absolute atomic E-state index is 0.135. The first kappa shape index (κ1) is 16.7. The van der Waals surface area contributed by atoms with Gasteiger partial charge in [0.25, 0.3) is 0 Å². The van der Waals surface area contributed by atoms with Gasteiger partial charge in [-0.2, -0.15) is 23.3 Å². The monoisotopic (exact) mass is 366 g/mol. The van der Waals surface area contributed by atoms with Gasteiger partial charge in [0, 0.05) is 23.6 Å². The zero-order valence-corrected chi connectivity index (χ0v) is 13.5. The molecule has 0 saturated heterocycles. The summed E-state index contributed by atoms with van der Waals surface area (Å²) < 4.78 is 58.2. The minimum Gasteiger partial charge on any atom is -0.339 e. The first-order valence-corrected chi connectivity index (χ1v) is 8.13. The number of halogens is 4. The molecule has 2 heterocycles. The van der Waals surface area contributed by atoms with Crippen molar-refractivity contribution in [1.82, 2.24) is 19.9 Å². The molecule has 0 atom stereocenters. The summed E-state index contributed by atoms with van der Waals surface area (Å²) in [6, 6.07) is 6.75. The SMILES string of the molecule is Fc1ccc(-c2noc(CCn3nc(C(F)(F)F)cc3C3CC3)n2)cc1. The topological polar surface area (TPSA) is 56.7 Å². The van der Waals surface area contributed by atoms with Crippen molar-refractivity contribution < 1.29 is 22.1 Å². The van der Waals surface area contributed by atoms with Crippen LogP contribution in [0.2, 0.25) is 0 Å². The van der Waals surface area contributed by atoms with Gasteiger partial charge in [0.1, 0.15) is 5.82 Å². The minimum atomic E-state index is -4.46. The summed E-state index contributed by atoms with van der Waals surface area (Å²) in [5, 5.41) is 7.52. The predicted octanol–water partition coefficient (Wildman–Crippen LogP) is 4.21. The number of aromatic nitrogens is 4. The van der Waals surface area contributed by atoms with Crippen molar-refractivity contribution >= 4 is 0 Å². The normalized spacial score (nSPS) is 14.8. The lowest BCUT2D eigenvalue weighted by molar-refractivity contribution is -0.141. The molecule has 26 heavy (non-hydrogen) atoms. The largest absolute Gasteiger partial charge is 0.435 e. The molecule has 0 aliphatic heterocycles. The lowest BCUT2D eigenvalue weighted by Crippen LogP contribution is -2.10. The highest BCUT2D eigenvalue weighted by Gasteiger charge is 2.37. The van der Waals surface area contributed by atoms with Gasteiger partial charge in [0.15, 0.2) is 5.69 Å². The highest BCUT2D eigenvalue weighted by atomic mass is 19.4. The Hall–Kier alpha value is -2.71. The lowest BCUT2D eigenvalue weighted by Gasteiger charge is -2.04. The maximum absolute atomic E-state index is 13.0. The molecule has 1 saturated carbocycles. The van der Waals surface area contributed by atoms with Crippen LogP contribution < -0.4 is 0 Å². The van der Waals surface area contributed by atoms with E-state index in [1.807, 2.05) is 0 Å². The molecule has 0 spiro atoms. The van der Waals surface area contributed by atoms with E-state index < -0.39 is 11.9 Å². The van der Waals surface area contributed by atoms with Crippen molar-refractivity contribution in [2.45, 2.75) is 37.9 Å². The first-order valence-electron chi connectivity index (χ1n) is 8.13. The van der Waals surface area contributed by atoms with Gasteiger partial charge in [-0.25, -0.2) is 4.39 Å². The summed E-state index contributed by atoms with van der Waals surface area (Å²) in [6.07, 6.45) is -2.46. The average Bonchev–Trinajstić information content (AvgIpc) is 3.16. The number of alkyl halides is 3. The van der Waals surface area contributed by atoms with E-state index in [1.165, 1.54) is 28.9 Å². The zero-order valence-electron chi connectivity index (χ0n) is 13.5. The summed E-state index contributed by atoms with van der Waals surface area (Å²) >= 11 is 0. The van der Waals surface area contributed by atoms with Gasteiger partial charge in [0.05, 0.1) is 6.54 Å². The zero-order chi connectivity index (χ0) is 18.3. The van der Waals surface area contributed by atoms with Crippen LogP contribution in [-0.2, 0) is 19.1 Å². The molecule has 0 N–H and O–H groups in total. The van der Waals surface area contributed by atoms with Crippen molar-refractivity contribution in [1.29, 1.82) is 0 Å². The summed E-state index contributed by atoms with van der Waals surface area (Å²) in [6.45, 7) is 0.215. The third kappa shape index (κ3) is 3.47. The molecule has 1 aromatic carbocycles. The highest BCUT2D eigenvalue weighted by Crippen LogP contribution is 2.42. The van der Waals surface area contributed by atoms with Gasteiger partial charge < -0.3 is 4.52 Å². The standard InChI is InChI=1S/C17H14F4N4O/c18-12-5-3-11(4-6-12)16-22-15(26-24-16)7-8-25-13(10-1-2-10)9-14(23-25)17(19,20)21/h3-6,9-10H,1-2,7-8H2. The Morgan fingerprint density at radius 2 is 1.88 bits per heavy atom. The Labute approximate surface area is 145 Å². The van der Waals surface area contributed by atoms with Crippen molar-refractivity contribution in [3.63, 3.8) is 0 Å². The predicted molar refractivity (Wildman–Crippen MR) is 82.6 cm³/mol. The van der Waals surface area contributed by atoms with Gasteiger partial charge in [-0.15, -0.1) is 0 Å². The van der Waals surface area contributed by atoms with E-state index in [2.05, 4.69) is 15.2 Å². The van der Waals surface area contributed by atoms with Gasteiger partial charge in [-0.05, 0) is 43.2 Å². The van der Waals surface area contributed by atoms with Crippen LogP contribution in [0.5, 0.6) is 0 Å². The third-order valence-corrected chi connectivity index (χ3v) is 4.21. The van der Waals surface area contributed by atoms with Gasteiger partial charge in [0.2, 0.25) is 11.7 Å². The molecule has 2 aromatic heterocycles. The van der Waals surface area contributed by atoms with Crippen LogP contribution in [0, 0.1) is 5.82 Å². The maximum atomic E-state index is 13.0. The van der Waals surface area contributed by atoms with E-state index in [0.717, 1.165) is 18.9 Å².